The van der Waals surface area contributed by atoms with E-state index < -0.39 is 0 Å². The average molecular weight is 288 g/mol. The van der Waals surface area contributed by atoms with Gasteiger partial charge in [-0.05, 0) is 23.6 Å². The van der Waals surface area contributed by atoms with Gasteiger partial charge < -0.3 is 5.32 Å². The van der Waals surface area contributed by atoms with E-state index in [2.05, 4.69) is 61.6 Å². The maximum atomic E-state index is 6.30. The van der Waals surface area contributed by atoms with Crippen molar-refractivity contribution in [2.45, 2.75) is 32.2 Å². The van der Waals surface area contributed by atoms with Crippen LogP contribution < -0.4 is 5.32 Å². The predicted molar refractivity (Wildman–Crippen MR) is 87.5 cm³/mol. The molecule has 0 aliphatic carbocycles. The van der Waals surface area contributed by atoms with Gasteiger partial charge in [-0.15, -0.1) is 0 Å². The normalized spacial score (nSPS) is 12.6. The van der Waals surface area contributed by atoms with Crippen molar-refractivity contribution in [3.8, 4) is 0 Å². The molecule has 0 saturated heterocycles. The number of halogens is 1. The summed E-state index contributed by atoms with van der Waals surface area (Å²) in [7, 11) is 0. The van der Waals surface area contributed by atoms with Crippen LogP contribution in [0.15, 0.2) is 54.6 Å². The molecule has 1 N–H and O–H groups in total. The Bertz CT molecular complexity index is 522. The van der Waals surface area contributed by atoms with E-state index in [-0.39, 0.29) is 0 Å². The summed E-state index contributed by atoms with van der Waals surface area (Å²) < 4.78 is 0. The van der Waals surface area contributed by atoms with Crippen molar-refractivity contribution in [3.05, 3.63) is 70.7 Å². The van der Waals surface area contributed by atoms with Crippen molar-refractivity contribution in [1.29, 1.82) is 0 Å². The fourth-order valence-corrected chi connectivity index (χ4v) is 2.55. The Morgan fingerprint density at radius 3 is 2.25 bits per heavy atom. The van der Waals surface area contributed by atoms with Crippen LogP contribution in [0.4, 0.5) is 0 Å². The number of hydrogen-bond donors (Lipinski definition) is 1. The van der Waals surface area contributed by atoms with Crippen LogP contribution in [0, 0.1) is 0 Å². The summed E-state index contributed by atoms with van der Waals surface area (Å²) in [5.41, 5.74) is 2.58. The second-order valence-electron chi connectivity index (χ2n) is 5.47. The molecule has 106 valence electrons. The molecule has 0 aromatic heterocycles. The zero-order valence-corrected chi connectivity index (χ0v) is 12.9. The van der Waals surface area contributed by atoms with Gasteiger partial charge in [0.05, 0.1) is 0 Å². The minimum Gasteiger partial charge on any atom is -0.314 e. The third-order valence-electron chi connectivity index (χ3n) is 3.47. The highest BCUT2D eigenvalue weighted by molar-refractivity contribution is 6.31. The molecule has 2 aromatic carbocycles. The molecule has 0 spiro atoms. The summed E-state index contributed by atoms with van der Waals surface area (Å²) in [5, 5.41) is 4.40. The lowest BCUT2D eigenvalue weighted by Crippen LogP contribution is -2.29. The SMILES string of the molecule is CC(C)NCC(Cc1ccccc1Cl)c1ccccc1. The van der Waals surface area contributed by atoms with E-state index >= 15 is 0 Å². The molecule has 0 radical (unpaired) electrons. The Morgan fingerprint density at radius 2 is 1.60 bits per heavy atom. The van der Waals surface area contributed by atoms with E-state index in [0.717, 1.165) is 18.0 Å². The fraction of sp³-hybridized carbons (Fsp3) is 0.333. The lowest BCUT2D eigenvalue weighted by molar-refractivity contribution is 0.527. The van der Waals surface area contributed by atoms with Crippen molar-refractivity contribution in [2.75, 3.05) is 6.54 Å². The molecule has 0 bridgehead atoms. The summed E-state index contributed by atoms with van der Waals surface area (Å²) >= 11 is 6.30. The quantitative estimate of drug-likeness (QED) is 0.814. The molecule has 20 heavy (non-hydrogen) atoms. The zero-order chi connectivity index (χ0) is 14.4. The Kier molecular flexibility index (Phi) is 5.63. The second-order valence-corrected chi connectivity index (χ2v) is 5.87. The van der Waals surface area contributed by atoms with Gasteiger partial charge in [0.2, 0.25) is 0 Å². The minimum atomic E-state index is 0.443. The van der Waals surface area contributed by atoms with Gasteiger partial charge in [-0.1, -0.05) is 74.0 Å². The van der Waals surface area contributed by atoms with Gasteiger partial charge in [-0.2, -0.15) is 0 Å². The minimum absolute atomic E-state index is 0.443. The molecule has 0 heterocycles. The molecule has 0 fully saturated rings. The summed E-state index contributed by atoms with van der Waals surface area (Å²) in [6, 6.07) is 19.3. The first-order valence-corrected chi connectivity index (χ1v) is 7.56. The van der Waals surface area contributed by atoms with E-state index in [0.29, 0.717) is 12.0 Å². The van der Waals surface area contributed by atoms with E-state index in [1.54, 1.807) is 0 Å². The molecule has 1 unspecified atom stereocenters. The van der Waals surface area contributed by atoms with Gasteiger partial charge in [0.25, 0.3) is 0 Å². The Balaban J connectivity index is 2.16. The average Bonchev–Trinajstić information content (AvgIpc) is 2.46. The highest BCUT2D eigenvalue weighted by Gasteiger charge is 2.14. The molecule has 1 nitrogen and oxygen atoms in total. The number of benzene rings is 2. The smallest absolute Gasteiger partial charge is 0.0438 e. The van der Waals surface area contributed by atoms with E-state index in [1.807, 2.05) is 12.1 Å². The van der Waals surface area contributed by atoms with Crippen molar-refractivity contribution in [2.24, 2.45) is 0 Å². The topological polar surface area (TPSA) is 12.0 Å². The molecular formula is C18H22ClN. The molecule has 0 aliphatic rings. The van der Waals surface area contributed by atoms with Crippen LogP contribution in [0.5, 0.6) is 0 Å². The predicted octanol–water partition coefficient (Wildman–Crippen LogP) is 4.66. The molecule has 2 heteroatoms. The van der Waals surface area contributed by atoms with Crippen LogP contribution in [-0.2, 0) is 6.42 Å². The first-order chi connectivity index (χ1) is 9.66. The molecule has 1 atom stereocenters. The fourth-order valence-electron chi connectivity index (χ4n) is 2.34. The maximum absolute atomic E-state index is 6.30. The summed E-state index contributed by atoms with van der Waals surface area (Å²) in [6.07, 6.45) is 0.962. The van der Waals surface area contributed by atoms with Crippen molar-refractivity contribution < 1.29 is 0 Å². The van der Waals surface area contributed by atoms with Gasteiger partial charge in [-0.25, -0.2) is 0 Å². The molecule has 0 amide bonds. The second kappa shape index (κ2) is 7.47. The zero-order valence-electron chi connectivity index (χ0n) is 12.1. The molecule has 0 saturated carbocycles. The van der Waals surface area contributed by atoms with Gasteiger partial charge in [0.15, 0.2) is 0 Å². The van der Waals surface area contributed by atoms with Crippen LogP contribution in [0.1, 0.15) is 30.9 Å². The summed E-state index contributed by atoms with van der Waals surface area (Å²) in [5.74, 6) is 0.443. The largest absolute Gasteiger partial charge is 0.314 e. The van der Waals surface area contributed by atoms with Gasteiger partial charge >= 0.3 is 0 Å². The standard InChI is InChI=1S/C18H22ClN/c1-14(2)20-13-17(15-8-4-3-5-9-15)12-16-10-6-7-11-18(16)19/h3-11,14,17,20H,12-13H2,1-2H3. The van der Waals surface area contributed by atoms with E-state index in [1.165, 1.54) is 11.1 Å². The summed E-state index contributed by atoms with van der Waals surface area (Å²) in [6.45, 7) is 5.32. The van der Waals surface area contributed by atoms with Crippen LogP contribution in [-0.4, -0.2) is 12.6 Å². The van der Waals surface area contributed by atoms with Crippen molar-refractivity contribution >= 4 is 11.6 Å². The lowest BCUT2D eigenvalue weighted by Gasteiger charge is -2.20. The van der Waals surface area contributed by atoms with Crippen LogP contribution in [0.25, 0.3) is 0 Å². The van der Waals surface area contributed by atoms with Crippen LogP contribution in [0.3, 0.4) is 0 Å². The first-order valence-electron chi connectivity index (χ1n) is 7.18. The highest BCUT2D eigenvalue weighted by atomic mass is 35.5. The van der Waals surface area contributed by atoms with Crippen molar-refractivity contribution in [3.63, 3.8) is 0 Å². The third kappa shape index (κ3) is 4.36. The Hall–Kier alpha value is -1.31. The van der Waals surface area contributed by atoms with Crippen LogP contribution in [0.2, 0.25) is 5.02 Å². The number of nitrogens with one attached hydrogen (secondary N) is 1. The van der Waals surface area contributed by atoms with E-state index in [4.69, 9.17) is 11.6 Å². The van der Waals surface area contributed by atoms with E-state index in [9.17, 15) is 0 Å². The number of rotatable bonds is 6. The molecule has 2 rings (SSSR count). The third-order valence-corrected chi connectivity index (χ3v) is 3.84. The Morgan fingerprint density at radius 1 is 0.950 bits per heavy atom. The molecule has 0 aliphatic heterocycles. The number of hydrogen-bond acceptors (Lipinski definition) is 1. The monoisotopic (exact) mass is 287 g/mol. The highest BCUT2D eigenvalue weighted by Crippen LogP contribution is 2.24. The molecule has 2 aromatic rings. The van der Waals surface area contributed by atoms with Crippen LogP contribution >= 0.6 is 11.6 Å². The lowest BCUT2D eigenvalue weighted by atomic mass is 9.91. The molecular weight excluding hydrogens is 266 g/mol. The van der Waals surface area contributed by atoms with Gasteiger partial charge in [0, 0.05) is 23.5 Å². The summed E-state index contributed by atoms with van der Waals surface area (Å²) in [4.78, 5) is 0. The van der Waals surface area contributed by atoms with Gasteiger partial charge in [-0.3, -0.25) is 0 Å². The van der Waals surface area contributed by atoms with Gasteiger partial charge in [0.1, 0.15) is 0 Å². The van der Waals surface area contributed by atoms with Crippen molar-refractivity contribution in [1.82, 2.24) is 5.32 Å². The Labute approximate surface area is 127 Å². The maximum Gasteiger partial charge on any atom is 0.0438 e. The first kappa shape index (κ1) is 15.1.